The fourth-order valence-corrected chi connectivity index (χ4v) is 0. The van der Waals surface area contributed by atoms with E-state index in [1.165, 1.54) is 0 Å². The molecule has 0 fully saturated rings. The van der Waals surface area contributed by atoms with Crippen LogP contribution < -0.4 is 0 Å². The van der Waals surface area contributed by atoms with E-state index in [1.807, 2.05) is 0 Å². The Balaban J connectivity index is 3.55. The predicted octanol–water partition coefficient (Wildman–Crippen LogP) is 0.979. The van der Waals surface area contributed by atoms with E-state index >= 15 is 0 Å². The number of alkyl halides is 2. The van der Waals surface area contributed by atoms with Gasteiger partial charge >= 0.3 is 5.92 Å². The summed E-state index contributed by atoms with van der Waals surface area (Å²) in [7, 11) is 0. The van der Waals surface area contributed by atoms with E-state index in [4.69, 9.17) is 5.26 Å². The SMILES string of the molecule is [CH2]C(F)(F)C#N. The molecule has 0 aliphatic rings. The van der Waals surface area contributed by atoms with E-state index in [0.717, 1.165) is 0 Å². The third kappa shape index (κ3) is 3.35. The topological polar surface area (TPSA) is 23.8 Å². The smallest absolute Gasteiger partial charge is 0.192 e. The number of halogens is 2. The molecule has 0 atom stereocenters. The van der Waals surface area contributed by atoms with Crippen LogP contribution in [0.25, 0.3) is 0 Å². The molecule has 0 rings (SSSR count). The van der Waals surface area contributed by atoms with Gasteiger partial charge in [-0.05, 0) is 0 Å². The second-order valence-electron chi connectivity index (χ2n) is 0.816. The number of nitriles is 1. The highest BCUT2D eigenvalue weighted by Crippen LogP contribution is 2.06. The lowest BCUT2D eigenvalue weighted by molar-refractivity contribution is 0.117. The molecule has 0 saturated heterocycles. The van der Waals surface area contributed by atoms with Gasteiger partial charge in [-0.15, -0.1) is 0 Å². The quantitative estimate of drug-likeness (QED) is 0.435. The number of hydrogen-bond acceptors (Lipinski definition) is 1. The fraction of sp³-hybridized carbons (Fsp3) is 0.333. The van der Waals surface area contributed by atoms with Crippen LogP contribution in [0.15, 0.2) is 0 Å². The number of rotatable bonds is 0. The van der Waals surface area contributed by atoms with Gasteiger partial charge in [-0.2, -0.15) is 14.0 Å². The van der Waals surface area contributed by atoms with Crippen molar-refractivity contribution in [1.29, 1.82) is 5.26 Å². The standard InChI is InChI=1S/C3H2F2N/c1-3(4,5)2-6/h1H2. The van der Waals surface area contributed by atoms with E-state index in [9.17, 15) is 8.78 Å². The minimum Gasteiger partial charge on any atom is -0.192 e. The summed E-state index contributed by atoms with van der Waals surface area (Å²) in [5.41, 5.74) is 0. The number of nitrogens with zero attached hydrogens (tertiary/aromatic N) is 1. The van der Waals surface area contributed by atoms with Crippen molar-refractivity contribution in [2.24, 2.45) is 0 Å². The monoisotopic (exact) mass is 90.0 g/mol. The molecule has 0 saturated carbocycles. The molecule has 0 aromatic heterocycles. The molecule has 0 aliphatic heterocycles. The molecular weight excluding hydrogens is 88.0 g/mol. The molecule has 0 amide bonds. The Bertz CT molecular complexity index is 75.8. The Kier molecular flexibility index (Phi) is 1.08. The predicted molar refractivity (Wildman–Crippen MR) is 15.9 cm³/mol. The van der Waals surface area contributed by atoms with E-state index < -0.39 is 5.92 Å². The van der Waals surface area contributed by atoms with E-state index in [2.05, 4.69) is 6.92 Å². The maximum absolute atomic E-state index is 11.0. The van der Waals surface area contributed by atoms with Crippen LogP contribution in [0, 0.1) is 18.3 Å². The molecule has 6 heavy (non-hydrogen) atoms. The summed E-state index contributed by atoms with van der Waals surface area (Å²) in [5, 5.41) is 7.34. The average Bonchev–Trinajstić information content (AvgIpc) is 1.35. The second kappa shape index (κ2) is 1.21. The van der Waals surface area contributed by atoms with Crippen molar-refractivity contribution in [3.05, 3.63) is 6.92 Å². The molecular formula is C3H2F2N. The van der Waals surface area contributed by atoms with Crippen molar-refractivity contribution in [2.75, 3.05) is 0 Å². The Hall–Kier alpha value is -0.650. The highest BCUT2D eigenvalue weighted by atomic mass is 19.3. The highest BCUT2D eigenvalue weighted by molar-refractivity contribution is 4.93. The summed E-state index contributed by atoms with van der Waals surface area (Å²) in [5.74, 6) is -3.40. The molecule has 0 aromatic rings. The summed E-state index contributed by atoms with van der Waals surface area (Å²) in [4.78, 5) is 0. The summed E-state index contributed by atoms with van der Waals surface area (Å²) in [6.07, 6.45) is 0. The molecule has 0 unspecified atom stereocenters. The largest absolute Gasteiger partial charge is 0.332 e. The van der Waals surface area contributed by atoms with Crippen molar-refractivity contribution in [2.45, 2.75) is 5.92 Å². The van der Waals surface area contributed by atoms with Gasteiger partial charge in [-0.25, -0.2) is 0 Å². The van der Waals surface area contributed by atoms with Crippen molar-refractivity contribution in [3.8, 4) is 6.07 Å². The Labute approximate surface area is 34.2 Å². The van der Waals surface area contributed by atoms with Gasteiger partial charge in [0.15, 0.2) is 0 Å². The van der Waals surface area contributed by atoms with Gasteiger partial charge in [0, 0.05) is 6.92 Å². The van der Waals surface area contributed by atoms with Gasteiger partial charge in [0.1, 0.15) is 6.07 Å². The lowest BCUT2D eigenvalue weighted by Crippen LogP contribution is -2.03. The van der Waals surface area contributed by atoms with Crippen LogP contribution >= 0.6 is 0 Å². The van der Waals surface area contributed by atoms with Gasteiger partial charge in [0.25, 0.3) is 0 Å². The molecule has 0 bridgehead atoms. The van der Waals surface area contributed by atoms with Gasteiger partial charge in [-0.3, -0.25) is 0 Å². The Morgan fingerprint density at radius 1 is 1.67 bits per heavy atom. The molecule has 0 aliphatic carbocycles. The zero-order valence-electron chi connectivity index (χ0n) is 2.91. The first-order valence-electron chi connectivity index (χ1n) is 1.21. The normalized spacial score (nSPS) is 10.3. The molecule has 0 N–H and O–H groups in total. The molecule has 1 nitrogen and oxygen atoms in total. The van der Waals surface area contributed by atoms with E-state index in [0.29, 0.717) is 6.07 Å². The summed E-state index contributed by atoms with van der Waals surface area (Å²) < 4.78 is 22.0. The minimum atomic E-state index is -3.40. The average molecular weight is 90.1 g/mol. The van der Waals surface area contributed by atoms with Crippen molar-refractivity contribution < 1.29 is 8.78 Å². The molecule has 3 heteroatoms. The maximum Gasteiger partial charge on any atom is 0.332 e. The van der Waals surface area contributed by atoms with Crippen LogP contribution in [0.1, 0.15) is 0 Å². The van der Waals surface area contributed by atoms with Crippen molar-refractivity contribution in [1.82, 2.24) is 0 Å². The third-order valence-electron chi connectivity index (χ3n) is 0.164. The first-order chi connectivity index (χ1) is 2.56. The minimum absolute atomic E-state index is 0.660. The van der Waals surface area contributed by atoms with Crippen molar-refractivity contribution >= 4 is 0 Å². The zero-order valence-corrected chi connectivity index (χ0v) is 2.91. The van der Waals surface area contributed by atoms with E-state index in [-0.39, 0.29) is 0 Å². The van der Waals surface area contributed by atoms with Gasteiger partial charge in [-0.1, -0.05) is 0 Å². The molecule has 0 aromatic carbocycles. The van der Waals surface area contributed by atoms with Crippen LogP contribution in [0.3, 0.4) is 0 Å². The van der Waals surface area contributed by atoms with Gasteiger partial charge in [0.2, 0.25) is 0 Å². The third-order valence-corrected chi connectivity index (χ3v) is 0.164. The van der Waals surface area contributed by atoms with Crippen LogP contribution in [0.4, 0.5) is 8.78 Å². The highest BCUT2D eigenvalue weighted by Gasteiger charge is 2.17. The lowest BCUT2D eigenvalue weighted by atomic mass is 10.5. The van der Waals surface area contributed by atoms with Crippen LogP contribution in [0.2, 0.25) is 0 Å². The first kappa shape index (κ1) is 5.35. The van der Waals surface area contributed by atoms with Gasteiger partial charge < -0.3 is 0 Å². The summed E-state index contributed by atoms with van der Waals surface area (Å²) in [6.45, 7) is 2.19. The van der Waals surface area contributed by atoms with Crippen molar-refractivity contribution in [3.63, 3.8) is 0 Å². The second-order valence-corrected chi connectivity index (χ2v) is 0.816. The first-order valence-corrected chi connectivity index (χ1v) is 1.21. The summed E-state index contributed by atoms with van der Waals surface area (Å²) >= 11 is 0. The molecule has 0 spiro atoms. The summed E-state index contributed by atoms with van der Waals surface area (Å²) in [6, 6.07) is 0.660. The van der Waals surface area contributed by atoms with E-state index in [1.54, 1.807) is 0 Å². The fourth-order valence-electron chi connectivity index (χ4n) is 0. The molecule has 33 valence electrons. The Morgan fingerprint density at radius 3 is 1.83 bits per heavy atom. The lowest BCUT2D eigenvalue weighted by Gasteiger charge is -1.90. The molecule has 0 heterocycles. The van der Waals surface area contributed by atoms with Gasteiger partial charge in [0.05, 0.1) is 0 Å². The van der Waals surface area contributed by atoms with Crippen LogP contribution in [0.5, 0.6) is 0 Å². The molecule has 1 radical (unpaired) electrons. The number of hydrogen-bond donors (Lipinski definition) is 0. The zero-order chi connectivity index (χ0) is 5.21. The maximum atomic E-state index is 11.0. The van der Waals surface area contributed by atoms with Crippen LogP contribution in [-0.2, 0) is 0 Å². The van der Waals surface area contributed by atoms with Crippen LogP contribution in [-0.4, -0.2) is 5.92 Å². The Morgan fingerprint density at radius 2 is 1.83 bits per heavy atom.